The summed E-state index contributed by atoms with van der Waals surface area (Å²) in [5.74, 6) is -2.06. The van der Waals surface area contributed by atoms with E-state index in [1.807, 2.05) is 56.3 Å². The summed E-state index contributed by atoms with van der Waals surface area (Å²) in [4.78, 5) is 25.2. The third-order valence-corrected chi connectivity index (χ3v) is 4.55. The van der Waals surface area contributed by atoms with Gasteiger partial charge in [-0.3, -0.25) is 9.59 Å². The summed E-state index contributed by atoms with van der Waals surface area (Å²) in [6, 6.07) is 16.4. The zero-order valence-electron chi connectivity index (χ0n) is 14.8. The van der Waals surface area contributed by atoms with Crippen molar-refractivity contribution in [1.29, 1.82) is 5.26 Å². The topological polar surface area (TPSA) is 79.2 Å². The fourth-order valence-corrected chi connectivity index (χ4v) is 3.03. The first-order chi connectivity index (χ1) is 12.4. The van der Waals surface area contributed by atoms with Crippen LogP contribution in [0.2, 0.25) is 0 Å². The standard InChI is InChI=1S/C21H20N2O3/c1-21(2)13-26-19-15(9-6-10-17(19)21)18(24)16(11-22)20(25)23-12-14-7-4-3-5-8-14/h3-10,16H,12-13H2,1-2H3,(H,23,25). The number of carbonyl (C=O) groups excluding carboxylic acids is 2. The zero-order chi connectivity index (χ0) is 18.7. The smallest absolute Gasteiger partial charge is 0.245 e. The van der Waals surface area contributed by atoms with Gasteiger partial charge in [0.1, 0.15) is 5.75 Å². The van der Waals surface area contributed by atoms with Gasteiger partial charge >= 0.3 is 0 Å². The van der Waals surface area contributed by atoms with Gasteiger partial charge in [-0.1, -0.05) is 56.3 Å². The molecule has 0 aliphatic carbocycles. The van der Waals surface area contributed by atoms with Crippen molar-refractivity contribution in [3.05, 3.63) is 65.2 Å². The van der Waals surface area contributed by atoms with Crippen molar-refractivity contribution in [3.63, 3.8) is 0 Å². The molecular weight excluding hydrogens is 328 g/mol. The number of nitrogens with one attached hydrogen (secondary N) is 1. The van der Waals surface area contributed by atoms with Crippen LogP contribution in [0.25, 0.3) is 0 Å². The largest absolute Gasteiger partial charge is 0.492 e. The van der Waals surface area contributed by atoms with Crippen LogP contribution in [0, 0.1) is 17.2 Å². The number of ketones is 1. The number of ether oxygens (including phenoxy) is 1. The lowest BCUT2D eigenvalue weighted by atomic mass is 9.85. The summed E-state index contributed by atoms with van der Waals surface area (Å²) in [7, 11) is 0. The molecule has 0 saturated carbocycles. The van der Waals surface area contributed by atoms with Crippen molar-refractivity contribution in [2.24, 2.45) is 5.92 Å². The Morgan fingerprint density at radius 3 is 2.62 bits per heavy atom. The van der Waals surface area contributed by atoms with Crippen molar-refractivity contribution in [1.82, 2.24) is 5.32 Å². The van der Waals surface area contributed by atoms with Crippen LogP contribution in [0.5, 0.6) is 5.75 Å². The highest BCUT2D eigenvalue weighted by atomic mass is 16.5. The zero-order valence-corrected chi connectivity index (χ0v) is 14.8. The third-order valence-electron chi connectivity index (χ3n) is 4.55. The van der Waals surface area contributed by atoms with Gasteiger partial charge < -0.3 is 10.1 Å². The minimum absolute atomic E-state index is 0.205. The first-order valence-corrected chi connectivity index (χ1v) is 8.46. The van der Waals surface area contributed by atoms with Gasteiger partial charge in [-0.05, 0) is 11.6 Å². The van der Waals surface area contributed by atoms with E-state index in [1.165, 1.54) is 0 Å². The average molecular weight is 348 g/mol. The minimum Gasteiger partial charge on any atom is -0.492 e. The molecule has 132 valence electrons. The summed E-state index contributed by atoms with van der Waals surface area (Å²) in [6.45, 7) is 4.79. The Morgan fingerprint density at radius 1 is 1.19 bits per heavy atom. The number of nitrogens with zero attached hydrogens (tertiary/aromatic N) is 1. The van der Waals surface area contributed by atoms with Gasteiger partial charge in [-0.2, -0.15) is 5.26 Å². The molecule has 1 heterocycles. The van der Waals surface area contributed by atoms with Crippen LogP contribution in [-0.2, 0) is 16.8 Å². The molecule has 0 aromatic heterocycles. The number of hydrogen-bond donors (Lipinski definition) is 1. The molecule has 0 saturated heterocycles. The predicted octanol–water partition coefficient (Wildman–Crippen LogP) is 3.00. The molecule has 1 unspecified atom stereocenters. The van der Waals surface area contributed by atoms with Crippen LogP contribution in [0.3, 0.4) is 0 Å². The number of fused-ring (bicyclic) bond motifs is 1. The highest BCUT2D eigenvalue weighted by Crippen LogP contribution is 2.41. The van der Waals surface area contributed by atoms with Gasteiger partial charge in [-0.25, -0.2) is 0 Å². The van der Waals surface area contributed by atoms with Gasteiger partial charge in [0, 0.05) is 17.5 Å². The van der Waals surface area contributed by atoms with E-state index in [-0.39, 0.29) is 17.5 Å². The molecule has 2 aromatic carbocycles. The molecule has 5 nitrogen and oxygen atoms in total. The Kier molecular flexibility index (Phi) is 4.77. The van der Waals surface area contributed by atoms with Crippen LogP contribution >= 0.6 is 0 Å². The number of Topliss-reactive ketones (excluding diaryl/α,β-unsaturated/α-hetero) is 1. The lowest BCUT2D eigenvalue weighted by molar-refractivity contribution is -0.122. The molecule has 0 spiro atoms. The van der Waals surface area contributed by atoms with E-state index < -0.39 is 17.6 Å². The average Bonchev–Trinajstić information content (AvgIpc) is 2.96. The van der Waals surface area contributed by atoms with Gasteiger partial charge in [0.25, 0.3) is 0 Å². The Labute approximate surface area is 152 Å². The van der Waals surface area contributed by atoms with Crippen LogP contribution in [0.1, 0.15) is 35.3 Å². The molecule has 1 aliphatic rings. The second-order valence-corrected chi connectivity index (χ2v) is 6.98. The summed E-state index contributed by atoms with van der Waals surface area (Å²) in [5, 5.41) is 12.1. The molecule has 26 heavy (non-hydrogen) atoms. The number of para-hydroxylation sites is 1. The monoisotopic (exact) mass is 348 g/mol. The van der Waals surface area contributed by atoms with E-state index in [9.17, 15) is 14.9 Å². The van der Waals surface area contributed by atoms with Crippen molar-refractivity contribution in [2.45, 2.75) is 25.8 Å². The van der Waals surface area contributed by atoms with Crippen LogP contribution in [-0.4, -0.2) is 18.3 Å². The van der Waals surface area contributed by atoms with Gasteiger partial charge in [0.15, 0.2) is 11.7 Å². The Morgan fingerprint density at radius 2 is 1.92 bits per heavy atom. The predicted molar refractivity (Wildman–Crippen MR) is 96.7 cm³/mol. The highest BCUT2D eigenvalue weighted by Gasteiger charge is 2.37. The van der Waals surface area contributed by atoms with E-state index in [0.29, 0.717) is 12.4 Å². The number of amides is 1. The van der Waals surface area contributed by atoms with Gasteiger partial charge in [0.05, 0.1) is 18.2 Å². The highest BCUT2D eigenvalue weighted by molar-refractivity contribution is 6.13. The molecule has 0 fully saturated rings. The minimum atomic E-state index is -1.41. The lowest BCUT2D eigenvalue weighted by Crippen LogP contribution is -2.34. The fraction of sp³-hybridized carbons (Fsp3) is 0.286. The number of nitriles is 1. The molecule has 1 atom stereocenters. The normalized spacial score (nSPS) is 15.3. The Hall–Kier alpha value is -3.13. The number of hydrogen-bond acceptors (Lipinski definition) is 4. The fourth-order valence-electron chi connectivity index (χ4n) is 3.03. The molecule has 1 amide bonds. The molecule has 1 N–H and O–H groups in total. The maximum absolute atomic E-state index is 12.8. The van der Waals surface area contributed by atoms with Crippen molar-refractivity contribution in [2.75, 3.05) is 6.61 Å². The molecule has 5 heteroatoms. The summed E-state index contributed by atoms with van der Waals surface area (Å²) in [6.07, 6.45) is 0. The summed E-state index contributed by atoms with van der Waals surface area (Å²) >= 11 is 0. The summed E-state index contributed by atoms with van der Waals surface area (Å²) < 4.78 is 5.71. The molecule has 2 aromatic rings. The molecule has 3 rings (SSSR count). The second-order valence-electron chi connectivity index (χ2n) is 6.98. The number of carbonyl (C=O) groups is 2. The maximum atomic E-state index is 12.8. The Bertz CT molecular complexity index is 882. The number of rotatable bonds is 5. The van der Waals surface area contributed by atoms with Gasteiger partial charge in [-0.15, -0.1) is 0 Å². The van der Waals surface area contributed by atoms with E-state index >= 15 is 0 Å². The quantitative estimate of drug-likeness (QED) is 0.665. The lowest BCUT2D eigenvalue weighted by Gasteiger charge is -2.15. The van der Waals surface area contributed by atoms with E-state index in [4.69, 9.17) is 4.74 Å². The Balaban J connectivity index is 1.79. The van der Waals surface area contributed by atoms with Crippen molar-refractivity contribution < 1.29 is 14.3 Å². The van der Waals surface area contributed by atoms with E-state index in [0.717, 1.165) is 11.1 Å². The maximum Gasteiger partial charge on any atom is 0.245 e. The van der Waals surface area contributed by atoms with E-state index in [1.54, 1.807) is 12.1 Å². The van der Waals surface area contributed by atoms with Gasteiger partial charge in [0.2, 0.25) is 5.91 Å². The van der Waals surface area contributed by atoms with Crippen LogP contribution in [0.4, 0.5) is 0 Å². The third kappa shape index (κ3) is 3.31. The van der Waals surface area contributed by atoms with Crippen LogP contribution in [0.15, 0.2) is 48.5 Å². The SMILES string of the molecule is CC1(C)COc2c(C(=O)C(C#N)C(=O)NCc3ccccc3)cccc21. The number of benzene rings is 2. The summed E-state index contributed by atoms with van der Waals surface area (Å²) in [5.41, 5.74) is 1.90. The molecular formula is C21H20N2O3. The molecule has 0 bridgehead atoms. The first-order valence-electron chi connectivity index (χ1n) is 8.46. The first kappa shape index (κ1) is 17.7. The molecule has 1 aliphatic heterocycles. The molecule has 0 radical (unpaired) electrons. The van der Waals surface area contributed by atoms with Crippen molar-refractivity contribution in [3.8, 4) is 11.8 Å². The van der Waals surface area contributed by atoms with E-state index in [2.05, 4.69) is 5.32 Å². The van der Waals surface area contributed by atoms with Crippen molar-refractivity contribution >= 4 is 11.7 Å². The second kappa shape index (κ2) is 7.01. The van der Waals surface area contributed by atoms with Crippen LogP contribution < -0.4 is 10.1 Å².